The normalized spacial score (nSPS) is 9.41. The van der Waals surface area contributed by atoms with Crippen LogP contribution in [0.25, 0.3) is 0 Å². The number of nitrogens with zero attached hydrogens (tertiary/aromatic N) is 1. The third-order valence-electron chi connectivity index (χ3n) is 1.82. The molecule has 2 N–H and O–H groups in total. The van der Waals surface area contributed by atoms with Crippen LogP contribution in [0, 0.1) is 11.6 Å². The molecule has 1 aromatic heterocycles. The summed E-state index contributed by atoms with van der Waals surface area (Å²) < 4.78 is 23.7. The maximum Gasteiger partial charge on any atom is 0.144 e. The van der Waals surface area contributed by atoms with Gasteiger partial charge in [0.2, 0.25) is 0 Å². The van der Waals surface area contributed by atoms with E-state index in [1.807, 2.05) is 24.3 Å². The van der Waals surface area contributed by atoms with Crippen molar-refractivity contribution in [1.29, 1.82) is 0 Å². The molecule has 0 spiro atoms. The molecule has 1 heterocycles. The van der Waals surface area contributed by atoms with Gasteiger partial charge >= 0.3 is 0 Å². The van der Waals surface area contributed by atoms with Gasteiger partial charge < -0.3 is 5.73 Å². The number of hydrogen-bond donors (Lipinski definition) is 1. The summed E-state index contributed by atoms with van der Waals surface area (Å²) in [7, 11) is 0. The van der Waals surface area contributed by atoms with Crippen LogP contribution in [0.5, 0.6) is 0 Å². The Morgan fingerprint density at radius 2 is 1.59 bits per heavy atom. The standard InChI is InChI=1S/C7H8ClN.C5H3F2N/c8-7-3-1-6(5-9)2-4-7;6-4-1-5(7)3-8-2-4/h1-4H,5,9H2;1-3H. The van der Waals surface area contributed by atoms with Crippen molar-refractivity contribution in [3.63, 3.8) is 0 Å². The Hall–Kier alpha value is -1.52. The Morgan fingerprint density at radius 3 is 1.94 bits per heavy atom. The van der Waals surface area contributed by atoms with E-state index in [9.17, 15) is 8.78 Å². The van der Waals surface area contributed by atoms with E-state index in [4.69, 9.17) is 17.3 Å². The average Bonchev–Trinajstić information content (AvgIpc) is 2.30. The van der Waals surface area contributed by atoms with Crippen molar-refractivity contribution in [1.82, 2.24) is 4.98 Å². The Morgan fingerprint density at radius 1 is 1.06 bits per heavy atom. The summed E-state index contributed by atoms with van der Waals surface area (Å²) in [5.41, 5.74) is 6.47. The Bertz CT molecular complexity index is 443. The van der Waals surface area contributed by atoms with Crippen LogP contribution in [0.15, 0.2) is 42.7 Å². The number of pyridine rings is 1. The molecule has 1 aromatic carbocycles. The van der Waals surface area contributed by atoms with Crippen LogP contribution in [0.3, 0.4) is 0 Å². The fourth-order valence-corrected chi connectivity index (χ4v) is 1.13. The number of benzene rings is 1. The molecule has 0 aliphatic carbocycles. The molecule has 0 fully saturated rings. The molecule has 17 heavy (non-hydrogen) atoms. The van der Waals surface area contributed by atoms with Gasteiger partial charge in [-0.15, -0.1) is 0 Å². The number of rotatable bonds is 1. The van der Waals surface area contributed by atoms with Gasteiger partial charge in [0.15, 0.2) is 0 Å². The lowest BCUT2D eigenvalue weighted by atomic mass is 10.2. The summed E-state index contributed by atoms with van der Waals surface area (Å²) in [4.78, 5) is 3.23. The first-order valence-electron chi connectivity index (χ1n) is 4.82. The van der Waals surface area contributed by atoms with Gasteiger partial charge in [0.1, 0.15) is 11.6 Å². The van der Waals surface area contributed by atoms with E-state index in [-0.39, 0.29) is 0 Å². The minimum atomic E-state index is -0.648. The molecule has 0 saturated heterocycles. The Balaban J connectivity index is 0.000000171. The molecule has 0 atom stereocenters. The molecule has 0 saturated carbocycles. The zero-order valence-electron chi connectivity index (χ0n) is 8.91. The maximum atomic E-state index is 11.9. The van der Waals surface area contributed by atoms with Crippen molar-refractivity contribution >= 4 is 11.6 Å². The lowest BCUT2D eigenvalue weighted by molar-refractivity contribution is 0.573. The van der Waals surface area contributed by atoms with Crippen LogP contribution >= 0.6 is 11.6 Å². The van der Waals surface area contributed by atoms with Gasteiger partial charge in [-0.3, -0.25) is 4.98 Å². The van der Waals surface area contributed by atoms with Crippen molar-refractivity contribution in [3.8, 4) is 0 Å². The fraction of sp³-hybridized carbons (Fsp3) is 0.0833. The van der Waals surface area contributed by atoms with Crippen molar-refractivity contribution in [2.45, 2.75) is 6.54 Å². The number of nitrogens with two attached hydrogens (primary N) is 1. The van der Waals surface area contributed by atoms with E-state index < -0.39 is 11.6 Å². The Kier molecular flexibility index (Phi) is 5.52. The van der Waals surface area contributed by atoms with Gasteiger partial charge in [-0.25, -0.2) is 8.78 Å². The highest BCUT2D eigenvalue weighted by molar-refractivity contribution is 6.30. The van der Waals surface area contributed by atoms with E-state index in [0.29, 0.717) is 6.54 Å². The maximum absolute atomic E-state index is 11.9. The molecule has 2 rings (SSSR count). The highest BCUT2D eigenvalue weighted by atomic mass is 35.5. The van der Waals surface area contributed by atoms with Crippen LogP contribution in [-0.4, -0.2) is 4.98 Å². The molecule has 0 aliphatic heterocycles. The Labute approximate surface area is 103 Å². The minimum Gasteiger partial charge on any atom is -0.326 e. The molecule has 0 bridgehead atoms. The van der Waals surface area contributed by atoms with Gasteiger partial charge in [-0.2, -0.15) is 0 Å². The molecule has 90 valence electrons. The molecular weight excluding hydrogens is 246 g/mol. The van der Waals surface area contributed by atoms with Gasteiger partial charge in [-0.05, 0) is 17.7 Å². The molecule has 0 unspecified atom stereocenters. The molecule has 2 aromatic rings. The van der Waals surface area contributed by atoms with Gasteiger partial charge in [0.05, 0.1) is 12.4 Å². The minimum absolute atomic E-state index is 0.581. The molecule has 0 radical (unpaired) electrons. The van der Waals surface area contributed by atoms with Crippen molar-refractivity contribution in [2.75, 3.05) is 0 Å². The third kappa shape index (κ3) is 5.38. The first-order valence-corrected chi connectivity index (χ1v) is 5.20. The monoisotopic (exact) mass is 256 g/mol. The van der Waals surface area contributed by atoms with Gasteiger partial charge in [0, 0.05) is 17.6 Å². The molecule has 0 amide bonds. The van der Waals surface area contributed by atoms with Crippen molar-refractivity contribution < 1.29 is 8.78 Å². The average molecular weight is 257 g/mol. The van der Waals surface area contributed by atoms with Crippen molar-refractivity contribution in [2.24, 2.45) is 5.73 Å². The lowest BCUT2D eigenvalue weighted by Gasteiger charge is -1.93. The quantitative estimate of drug-likeness (QED) is 0.851. The first kappa shape index (κ1) is 13.5. The fourth-order valence-electron chi connectivity index (χ4n) is 1.01. The number of halogens is 3. The second kappa shape index (κ2) is 6.93. The van der Waals surface area contributed by atoms with E-state index in [2.05, 4.69) is 4.98 Å². The van der Waals surface area contributed by atoms with E-state index in [0.717, 1.165) is 29.0 Å². The van der Waals surface area contributed by atoms with Crippen LogP contribution in [0.1, 0.15) is 5.56 Å². The smallest absolute Gasteiger partial charge is 0.144 e. The van der Waals surface area contributed by atoms with Gasteiger partial charge in [0.25, 0.3) is 0 Å². The van der Waals surface area contributed by atoms with Crippen molar-refractivity contribution in [3.05, 3.63) is 64.9 Å². The van der Waals surface area contributed by atoms with E-state index in [1.54, 1.807) is 0 Å². The lowest BCUT2D eigenvalue weighted by Crippen LogP contribution is -1.94. The summed E-state index contributed by atoms with van der Waals surface area (Å²) >= 11 is 5.63. The van der Waals surface area contributed by atoms with E-state index >= 15 is 0 Å². The zero-order valence-corrected chi connectivity index (χ0v) is 9.66. The summed E-state index contributed by atoms with van der Waals surface area (Å²) in [5.74, 6) is -1.30. The topological polar surface area (TPSA) is 38.9 Å². The molecule has 5 heteroatoms. The summed E-state index contributed by atoms with van der Waals surface area (Å²) in [6, 6.07) is 8.28. The molecule has 2 nitrogen and oxygen atoms in total. The number of aromatic nitrogens is 1. The van der Waals surface area contributed by atoms with Crippen LogP contribution in [-0.2, 0) is 6.54 Å². The van der Waals surface area contributed by atoms with Crippen LogP contribution in [0.4, 0.5) is 8.78 Å². The van der Waals surface area contributed by atoms with Crippen LogP contribution in [0.2, 0.25) is 5.02 Å². The third-order valence-corrected chi connectivity index (χ3v) is 2.07. The predicted octanol–water partition coefficient (Wildman–Crippen LogP) is 3.16. The highest BCUT2D eigenvalue weighted by Gasteiger charge is 1.89. The largest absolute Gasteiger partial charge is 0.326 e. The number of hydrogen-bond acceptors (Lipinski definition) is 2. The van der Waals surface area contributed by atoms with E-state index in [1.165, 1.54) is 0 Å². The second-order valence-electron chi connectivity index (χ2n) is 3.15. The second-order valence-corrected chi connectivity index (χ2v) is 3.59. The zero-order chi connectivity index (χ0) is 12.7. The summed E-state index contributed by atoms with van der Waals surface area (Å²) in [5, 5.41) is 0.757. The molecular formula is C12H11ClF2N2. The molecule has 0 aliphatic rings. The SMILES string of the molecule is Fc1cncc(F)c1.NCc1ccc(Cl)cc1. The first-order chi connectivity index (χ1) is 8.11. The predicted molar refractivity (Wildman–Crippen MR) is 63.5 cm³/mol. The summed E-state index contributed by atoms with van der Waals surface area (Å²) in [6.07, 6.45) is 1.90. The van der Waals surface area contributed by atoms with Crippen LogP contribution < -0.4 is 5.73 Å². The highest BCUT2D eigenvalue weighted by Crippen LogP contribution is 2.08. The van der Waals surface area contributed by atoms with Gasteiger partial charge in [-0.1, -0.05) is 23.7 Å². The summed E-state index contributed by atoms with van der Waals surface area (Å²) in [6.45, 7) is 0.581.